The lowest BCUT2D eigenvalue weighted by molar-refractivity contribution is -0.121. The molecular formula is C26H28FN3O3. The number of amides is 1. The van der Waals surface area contributed by atoms with Gasteiger partial charge >= 0.3 is 0 Å². The number of anilines is 3. The summed E-state index contributed by atoms with van der Waals surface area (Å²) in [6, 6.07) is 13.5. The molecule has 7 heteroatoms. The maximum Gasteiger partial charge on any atom is 0.251 e. The average Bonchev–Trinajstić information content (AvgIpc) is 2.77. The van der Waals surface area contributed by atoms with Gasteiger partial charge in [-0.25, -0.2) is 4.39 Å². The van der Waals surface area contributed by atoms with Crippen LogP contribution in [0.4, 0.5) is 21.5 Å². The van der Waals surface area contributed by atoms with Gasteiger partial charge in [0, 0.05) is 36.5 Å². The summed E-state index contributed by atoms with van der Waals surface area (Å²) in [7, 11) is 3.31. The number of likely N-dealkylation sites (N-methyl/N-ethyl adjacent to an activating group) is 1. The number of phenolic OH excluding ortho intramolecular Hbond substituents is 1. The lowest BCUT2D eigenvalue weighted by Gasteiger charge is -2.40. The normalized spacial score (nSPS) is 14.5. The fourth-order valence-corrected chi connectivity index (χ4v) is 4.33. The maximum absolute atomic E-state index is 13.9. The van der Waals surface area contributed by atoms with Crippen molar-refractivity contribution in [2.45, 2.75) is 32.9 Å². The zero-order chi connectivity index (χ0) is 23.9. The molecule has 1 heterocycles. The number of aryl methyl sites for hydroxylation is 1. The summed E-state index contributed by atoms with van der Waals surface area (Å²) in [6.07, 6.45) is 0. The molecule has 0 saturated heterocycles. The van der Waals surface area contributed by atoms with Crippen LogP contribution in [0.15, 0.2) is 48.5 Å². The second-order valence-corrected chi connectivity index (χ2v) is 8.80. The highest BCUT2D eigenvalue weighted by Gasteiger charge is 2.38. The molecule has 33 heavy (non-hydrogen) atoms. The Morgan fingerprint density at radius 1 is 1.12 bits per heavy atom. The van der Waals surface area contributed by atoms with Crippen LogP contribution in [0.5, 0.6) is 11.5 Å². The van der Waals surface area contributed by atoms with Crippen LogP contribution >= 0.6 is 0 Å². The van der Waals surface area contributed by atoms with Crippen LogP contribution in [0.1, 0.15) is 25.0 Å². The monoisotopic (exact) mass is 449 g/mol. The molecule has 0 saturated carbocycles. The van der Waals surface area contributed by atoms with E-state index in [9.17, 15) is 14.3 Å². The summed E-state index contributed by atoms with van der Waals surface area (Å²) >= 11 is 0. The molecule has 4 rings (SSSR count). The highest BCUT2D eigenvalue weighted by Crippen LogP contribution is 2.44. The number of carbonyl (C=O) groups is 1. The second kappa shape index (κ2) is 8.31. The fourth-order valence-electron chi connectivity index (χ4n) is 4.33. The van der Waals surface area contributed by atoms with E-state index in [1.54, 1.807) is 43.3 Å². The number of rotatable bonds is 5. The number of hydrogen-bond donors (Lipinski definition) is 3. The van der Waals surface area contributed by atoms with E-state index in [0.29, 0.717) is 18.0 Å². The lowest BCUT2D eigenvalue weighted by Crippen LogP contribution is -2.52. The number of aromatic hydroxyl groups is 1. The molecule has 3 aromatic carbocycles. The fraction of sp³-hybridized carbons (Fsp3) is 0.269. The molecule has 1 amide bonds. The van der Waals surface area contributed by atoms with Crippen LogP contribution in [0.25, 0.3) is 11.1 Å². The zero-order valence-corrected chi connectivity index (χ0v) is 19.4. The first-order chi connectivity index (χ1) is 15.6. The molecule has 0 radical (unpaired) electrons. The van der Waals surface area contributed by atoms with Crippen molar-refractivity contribution in [1.82, 2.24) is 0 Å². The van der Waals surface area contributed by atoms with Crippen molar-refractivity contribution in [3.63, 3.8) is 0 Å². The van der Waals surface area contributed by atoms with Crippen molar-refractivity contribution in [3.8, 4) is 22.6 Å². The molecule has 0 atom stereocenters. The van der Waals surface area contributed by atoms with Crippen molar-refractivity contribution in [2.75, 3.05) is 29.7 Å². The van der Waals surface area contributed by atoms with E-state index >= 15 is 0 Å². The molecule has 0 fully saturated rings. The average molecular weight is 450 g/mol. The zero-order valence-electron chi connectivity index (χ0n) is 19.4. The molecule has 0 bridgehead atoms. The Morgan fingerprint density at radius 3 is 2.58 bits per heavy atom. The van der Waals surface area contributed by atoms with Gasteiger partial charge in [0.2, 0.25) is 0 Å². The molecule has 3 aromatic rings. The number of fused-ring (bicyclic) bond motifs is 1. The molecular weight excluding hydrogens is 421 g/mol. The Bertz CT molecular complexity index is 1240. The molecule has 172 valence electrons. The third kappa shape index (κ3) is 4.06. The highest BCUT2D eigenvalue weighted by molar-refractivity contribution is 6.09. The van der Waals surface area contributed by atoms with Crippen molar-refractivity contribution in [2.24, 2.45) is 0 Å². The van der Waals surface area contributed by atoms with Crippen LogP contribution in [0, 0.1) is 12.7 Å². The Balaban J connectivity index is 1.89. The summed E-state index contributed by atoms with van der Waals surface area (Å²) in [6.45, 7) is 5.94. The van der Waals surface area contributed by atoms with Gasteiger partial charge in [0.15, 0.2) is 0 Å². The number of carbonyl (C=O) groups excluding carboxylic acids is 1. The predicted molar refractivity (Wildman–Crippen MR) is 130 cm³/mol. The molecule has 3 N–H and O–H groups in total. The van der Waals surface area contributed by atoms with Crippen molar-refractivity contribution < 1.29 is 19.0 Å². The maximum atomic E-state index is 13.9. The first-order valence-corrected chi connectivity index (χ1v) is 10.7. The van der Waals surface area contributed by atoms with Crippen LogP contribution in [0.3, 0.4) is 0 Å². The van der Waals surface area contributed by atoms with Gasteiger partial charge in [-0.2, -0.15) is 0 Å². The minimum Gasteiger partial charge on any atom is -0.508 e. The number of methoxy groups -OCH3 is 1. The number of phenols is 1. The quantitative estimate of drug-likeness (QED) is 0.493. The van der Waals surface area contributed by atoms with E-state index in [2.05, 4.69) is 10.6 Å². The Hall–Kier alpha value is -3.74. The summed E-state index contributed by atoms with van der Waals surface area (Å²) < 4.78 is 19.4. The number of ether oxygens (including phenoxy) is 1. The SMILES string of the molecule is COc1cc(O)ccc1-c1ccc2c(c1CNc1cc(F)ccc1C)N(C)C(=O)C(C)(C)N2. The summed E-state index contributed by atoms with van der Waals surface area (Å²) in [5.74, 6) is 0.220. The van der Waals surface area contributed by atoms with E-state index in [-0.39, 0.29) is 17.5 Å². The number of halogens is 1. The lowest BCUT2D eigenvalue weighted by atomic mass is 9.91. The third-order valence-corrected chi connectivity index (χ3v) is 6.04. The van der Waals surface area contributed by atoms with Gasteiger partial charge in [-0.3, -0.25) is 4.79 Å². The number of nitrogens with one attached hydrogen (secondary N) is 2. The van der Waals surface area contributed by atoms with E-state index in [4.69, 9.17) is 4.74 Å². The minimum absolute atomic E-state index is 0.0620. The molecule has 0 aromatic heterocycles. The van der Waals surface area contributed by atoms with Crippen LogP contribution in [-0.2, 0) is 11.3 Å². The molecule has 6 nitrogen and oxygen atoms in total. The number of benzene rings is 3. The summed E-state index contributed by atoms with van der Waals surface area (Å²) in [5.41, 5.74) is 4.88. The van der Waals surface area contributed by atoms with E-state index < -0.39 is 5.54 Å². The van der Waals surface area contributed by atoms with Gasteiger partial charge in [-0.1, -0.05) is 12.1 Å². The first-order valence-electron chi connectivity index (χ1n) is 10.7. The van der Waals surface area contributed by atoms with Gasteiger partial charge in [0.05, 0.1) is 18.5 Å². The largest absolute Gasteiger partial charge is 0.508 e. The molecule has 0 aliphatic carbocycles. The van der Waals surface area contributed by atoms with Gasteiger partial charge in [0.25, 0.3) is 5.91 Å². The molecule has 0 unspecified atom stereocenters. The summed E-state index contributed by atoms with van der Waals surface area (Å²) in [5, 5.41) is 16.6. The molecule has 1 aliphatic rings. The van der Waals surface area contributed by atoms with Gasteiger partial charge in [-0.15, -0.1) is 0 Å². The predicted octanol–water partition coefficient (Wildman–Crippen LogP) is 5.29. The summed E-state index contributed by atoms with van der Waals surface area (Å²) in [4.78, 5) is 14.8. The smallest absolute Gasteiger partial charge is 0.251 e. The number of hydrogen-bond acceptors (Lipinski definition) is 5. The number of nitrogens with zero attached hydrogens (tertiary/aromatic N) is 1. The van der Waals surface area contributed by atoms with Gasteiger partial charge in [0.1, 0.15) is 22.9 Å². The minimum atomic E-state index is -0.747. The Kier molecular flexibility index (Phi) is 5.66. The third-order valence-electron chi connectivity index (χ3n) is 6.04. The molecule has 1 aliphatic heterocycles. The van der Waals surface area contributed by atoms with E-state index in [0.717, 1.165) is 33.6 Å². The van der Waals surface area contributed by atoms with E-state index in [1.165, 1.54) is 12.1 Å². The molecule has 0 spiro atoms. The van der Waals surface area contributed by atoms with Gasteiger partial charge in [-0.05, 0) is 62.2 Å². The van der Waals surface area contributed by atoms with Gasteiger partial charge < -0.3 is 25.4 Å². The van der Waals surface area contributed by atoms with Crippen molar-refractivity contribution in [1.29, 1.82) is 0 Å². The second-order valence-electron chi connectivity index (χ2n) is 8.80. The topological polar surface area (TPSA) is 73.8 Å². The van der Waals surface area contributed by atoms with Crippen LogP contribution in [-0.4, -0.2) is 30.7 Å². The van der Waals surface area contributed by atoms with Crippen molar-refractivity contribution >= 4 is 23.0 Å². The van der Waals surface area contributed by atoms with Crippen LogP contribution < -0.4 is 20.3 Å². The highest BCUT2D eigenvalue weighted by atomic mass is 19.1. The van der Waals surface area contributed by atoms with Crippen LogP contribution in [0.2, 0.25) is 0 Å². The van der Waals surface area contributed by atoms with Crippen molar-refractivity contribution in [3.05, 3.63) is 65.5 Å². The standard InChI is InChI=1S/C26H28FN3O3/c1-15-6-7-16(27)12-22(15)28-14-20-18(19-9-8-17(31)13-23(19)33-5)10-11-21-24(20)30(4)25(32)26(2,3)29-21/h6-13,28-29,31H,14H2,1-5H3. The Morgan fingerprint density at radius 2 is 1.85 bits per heavy atom. The first kappa shape index (κ1) is 22.5. The Labute approximate surface area is 193 Å². The van der Waals surface area contributed by atoms with E-state index in [1.807, 2.05) is 32.9 Å².